The standard InChI is InChI=1S/C19H23N3O3/c1-13-8-9-14(2)16(12-13)15(3)21-19(23)10-11-20-17-6-4-5-7-18(17)22(24)25/h4-9,12,15,20H,10-11H2,1-3H3,(H,21,23). The Morgan fingerprint density at radius 2 is 1.92 bits per heavy atom. The topological polar surface area (TPSA) is 84.3 Å². The molecule has 0 bridgehead atoms. The van der Waals surface area contributed by atoms with Gasteiger partial charge in [0.1, 0.15) is 5.69 Å². The van der Waals surface area contributed by atoms with Crippen LogP contribution in [0.15, 0.2) is 42.5 Å². The summed E-state index contributed by atoms with van der Waals surface area (Å²) in [5.74, 6) is -0.0977. The molecule has 2 aromatic carbocycles. The lowest BCUT2D eigenvalue weighted by molar-refractivity contribution is -0.384. The van der Waals surface area contributed by atoms with Crippen molar-refractivity contribution in [1.82, 2.24) is 5.32 Å². The molecule has 2 rings (SSSR count). The van der Waals surface area contributed by atoms with Gasteiger partial charge in [0.15, 0.2) is 0 Å². The number of para-hydroxylation sites is 2. The Morgan fingerprint density at radius 3 is 2.64 bits per heavy atom. The van der Waals surface area contributed by atoms with Crippen LogP contribution in [0, 0.1) is 24.0 Å². The summed E-state index contributed by atoms with van der Waals surface area (Å²) in [5, 5.41) is 16.9. The molecule has 1 atom stereocenters. The summed E-state index contributed by atoms with van der Waals surface area (Å²) in [6.07, 6.45) is 0.237. The third-order valence-corrected chi connectivity index (χ3v) is 4.05. The average molecular weight is 341 g/mol. The molecule has 0 radical (unpaired) electrons. The highest BCUT2D eigenvalue weighted by Gasteiger charge is 2.14. The fourth-order valence-corrected chi connectivity index (χ4v) is 2.71. The molecule has 0 saturated heterocycles. The van der Waals surface area contributed by atoms with Crippen molar-refractivity contribution in [3.63, 3.8) is 0 Å². The Hall–Kier alpha value is -2.89. The molecule has 0 aromatic heterocycles. The molecule has 0 aliphatic rings. The monoisotopic (exact) mass is 341 g/mol. The summed E-state index contributed by atoms with van der Waals surface area (Å²) in [7, 11) is 0. The molecule has 25 heavy (non-hydrogen) atoms. The fourth-order valence-electron chi connectivity index (χ4n) is 2.71. The van der Waals surface area contributed by atoms with Gasteiger partial charge in [-0.1, -0.05) is 35.9 Å². The average Bonchev–Trinajstić information content (AvgIpc) is 2.57. The Kier molecular flexibility index (Phi) is 6.11. The van der Waals surface area contributed by atoms with Gasteiger partial charge in [0, 0.05) is 19.0 Å². The van der Waals surface area contributed by atoms with Gasteiger partial charge >= 0.3 is 0 Å². The number of rotatable bonds is 7. The highest BCUT2D eigenvalue weighted by atomic mass is 16.6. The molecule has 132 valence electrons. The third-order valence-electron chi connectivity index (χ3n) is 4.05. The SMILES string of the molecule is Cc1ccc(C)c(C(C)NC(=O)CCNc2ccccc2[N+](=O)[O-])c1. The van der Waals surface area contributed by atoms with Crippen LogP contribution in [0.5, 0.6) is 0 Å². The minimum absolute atomic E-state index is 0.00617. The van der Waals surface area contributed by atoms with E-state index < -0.39 is 4.92 Å². The number of amides is 1. The minimum Gasteiger partial charge on any atom is -0.379 e. The molecule has 2 N–H and O–H groups in total. The van der Waals surface area contributed by atoms with E-state index in [1.165, 1.54) is 6.07 Å². The lowest BCUT2D eigenvalue weighted by Gasteiger charge is -2.17. The number of hydrogen-bond acceptors (Lipinski definition) is 4. The van der Waals surface area contributed by atoms with Crippen LogP contribution >= 0.6 is 0 Å². The molecule has 6 nitrogen and oxygen atoms in total. The fraction of sp³-hybridized carbons (Fsp3) is 0.316. The van der Waals surface area contributed by atoms with Crippen molar-refractivity contribution in [2.45, 2.75) is 33.2 Å². The number of nitrogens with zero attached hydrogens (tertiary/aromatic N) is 1. The smallest absolute Gasteiger partial charge is 0.292 e. The maximum absolute atomic E-state index is 12.1. The van der Waals surface area contributed by atoms with E-state index in [1.54, 1.807) is 18.2 Å². The summed E-state index contributed by atoms with van der Waals surface area (Å²) in [6, 6.07) is 12.5. The van der Waals surface area contributed by atoms with Crippen molar-refractivity contribution in [2.75, 3.05) is 11.9 Å². The summed E-state index contributed by atoms with van der Waals surface area (Å²) in [6.45, 7) is 6.33. The number of aryl methyl sites for hydroxylation is 2. The van der Waals surface area contributed by atoms with Crippen molar-refractivity contribution < 1.29 is 9.72 Å². The molecule has 0 aliphatic carbocycles. The van der Waals surface area contributed by atoms with Crippen molar-refractivity contribution in [2.24, 2.45) is 0 Å². The van der Waals surface area contributed by atoms with Crippen LogP contribution < -0.4 is 10.6 Å². The Bertz CT molecular complexity index is 774. The zero-order valence-corrected chi connectivity index (χ0v) is 14.7. The zero-order chi connectivity index (χ0) is 18.4. The van der Waals surface area contributed by atoms with Gasteiger partial charge in [0.2, 0.25) is 5.91 Å². The van der Waals surface area contributed by atoms with E-state index in [9.17, 15) is 14.9 Å². The molecule has 2 aromatic rings. The molecule has 0 aliphatic heterocycles. The first kappa shape index (κ1) is 18.4. The number of nitro benzene ring substituents is 1. The van der Waals surface area contributed by atoms with Gasteiger partial charge in [-0.25, -0.2) is 0 Å². The summed E-state index contributed by atoms with van der Waals surface area (Å²) in [4.78, 5) is 22.7. The lowest BCUT2D eigenvalue weighted by Crippen LogP contribution is -2.28. The predicted octanol–water partition coefficient (Wildman–Crippen LogP) is 3.89. The first-order chi connectivity index (χ1) is 11.9. The molecular formula is C19H23N3O3. The number of hydrogen-bond donors (Lipinski definition) is 2. The predicted molar refractivity (Wildman–Crippen MR) is 98.7 cm³/mol. The van der Waals surface area contributed by atoms with Crippen LogP contribution in [0.1, 0.15) is 36.1 Å². The van der Waals surface area contributed by atoms with Crippen LogP contribution in [0.3, 0.4) is 0 Å². The number of nitro groups is 1. The molecule has 1 amide bonds. The van der Waals surface area contributed by atoms with E-state index in [2.05, 4.69) is 16.7 Å². The van der Waals surface area contributed by atoms with E-state index in [0.717, 1.165) is 16.7 Å². The van der Waals surface area contributed by atoms with Gasteiger partial charge in [-0.15, -0.1) is 0 Å². The molecule has 0 fully saturated rings. The number of carbonyl (C=O) groups excluding carboxylic acids is 1. The molecule has 0 spiro atoms. The van der Waals surface area contributed by atoms with Crippen LogP contribution in [-0.4, -0.2) is 17.4 Å². The largest absolute Gasteiger partial charge is 0.379 e. The highest BCUT2D eigenvalue weighted by molar-refractivity contribution is 5.77. The molecule has 6 heteroatoms. The van der Waals surface area contributed by atoms with Crippen LogP contribution in [0.25, 0.3) is 0 Å². The second kappa shape index (κ2) is 8.28. The van der Waals surface area contributed by atoms with Gasteiger partial charge in [-0.05, 0) is 38.0 Å². The number of benzene rings is 2. The van der Waals surface area contributed by atoms with Crippen molar-refractivity contribution >= 4 is 17.3 Å². The minimum atomic E-state index is -0.439. The van der Waals surface area contributed by atoms with Crippen LogP contribution in [-0.2, 0) is 4.79 Å². The summed E-state index contributed by atoms with van der Waals surface area (Å²) in [5.41, 5.74) is 3.81. The second-order valence-electron chi connectivity index (χ2n) is 6.10. The molecular weight excluding hydrogens is 318 g/mol. The van der Waals surface area contributed by atoms with Crippen LogP contribution in [0.4, 0.5) is 11.4 Å². The lowest BCUT2D eigenvalue weighted by atomic mass is 10.00. The van der Waals surface area contributed by atoms with E-state index in [1.807, 2.05) is 32.9 Å². The Morgan fingerprint density at radius 1 is 1.20 bits per heavy atom. The van der Waals surface area contributed by atoms with Gasteiger partial charge in [0.05, 0.1) is 11.0 Å². The number of carbonyl (C=O) groups is 1. The maximum Gasteiger partial charge on any atom is 0.292 e. The summed E-state index contributed by atoms with van der Waals surface area (Å²) >= 11 is 0. The van der Waals surface area contributed by atoms with Gasteiger partial charge < -0.3 is 10.6 Å². The Balaban J connectivity index is 1.89. The van der Waals surface area contributed by atoms with E-state index >= 15 is 0 Å². The van der Waals surface area contributed by atoms with E-state index in [-0.39, 0.29) is 24.1 Å². The normalized spacial score (nSPS) is 11.6. The molecule has 0 heterocycles. The molecule has 0 saturated carbocycles. The Labute approximate surface area is 147 Å². The maximum atomic E-state index is 12.1. The zero-order valence-electron chi connectivity index (χ0n) is 14.7. The van der Waals surface area contributed by atoms with E-state index in [4.69, 9.17) is 0 Å². The quantitative estimate of drug-likeness (QED) is 0.591. The highest BCUT2D eigenvalue weighted by Crippen LogP contribution is 2.23. The van der Waals surface area contributed by atoms with Crippen molar-refractivity contribution in [1.29, 1.82) is 0 Å². The summed E-state index contributed by atoms with van der Waals surface area (Å²) < 4.78 is 0. The van der Waals surface area contributed by atoms with Crippen LogP contribution in [0.2, 0.25) is 0 Å². The van der Waals surface area contributed by atoms with E-state index in [0.29, 0.717) is 12.2 Å². The molecule has 1 unspecified atom stereocenters. The number of anilines is 1. The van der Waals surface area contributed by atoms with Crippen molar-refractivity contribution in [3.8, 4) is 0 Å². The first-order valence-electron chi connectivity index (χ1n) is 8.22. The first-order valence-corrected chi connectivity index (χ1v) is 8.22. The van der Waals surface area contributed by atoms with Gasteiger partial charge in [0.25, 0.3) is 5.69 Å². The second-order valence-corrected chi connectivity index (χ2v) is 6.10. The third kappa shape index (κ3) is 5.04. The van der Waals surface area contributed by atoms with Crippen molar-refractivity contribution in [3.05, 3.63) is 69.3 Å². The number of nitrogens with one attached hydrogen (secondary N) is 2. The van der Waals surface area contributed by atoms with Gasteiger partial charge in [-0.3, -0.25) is 14.9 Å². The van der Waals surface area contributed by atoms with Gasteiger partial charge in [-0.2, -0.15) is 0 Å².